The largest absolute Gasteiger partial charge is 0.462 e. The highest BCUT2D eigenvalue weighted by Crippen LogP contribution is 2.51. The molecule has 0 spiro atoms. The molecule has 2 aromatic heterocycles. The van der Waals surface area contributed by atoms with Crippen molar-refractivity contribution in [2.24, 2.45) is 0 Å². The molecule has 0 bridgehead atoms. The highest BCUT2D eigenvalue weighted by molar-refractivity contribution is 7.52. The first-order chi connectivity index (χ1) is 18.5. The van der Waals surface area contributed by atoms with Gasteiger partial charge in [-0.25, -0.2) is 19.5 Å². The molecule has 0 amide bonds. The first kappa shape index (κ1) is 31.1. The van der Waals surface area contributed by atoms with Crippen molar-refractivity contribution in [1.29, 1.82) is 0 Å². The summed E-state index contributed by atoms with van der Waals surface area (Å²) in [7, 11) is -5.06. The number of nitrogens with one attached hydrogen (secondary N) is 1. The number of aromatic nitrogens is 4. The smallest absolute Gasteiger partial charge is 0.459 e. The Morgan fingerprint density at radius 3 is 2.33 bits per heavy atom. The number of hydrogen-bond acceptors (Lipinski definition) is 9. The summed E-state index contributed by atoms with van der Waals surface area (Å²) in [5.41, 5.74) is 4.93. The van der Waals surface area contributed by atoms with E-state index in [1.807, 2.05) is 5.09 Å². The highest BCUT2D eigenvalue weighted by Gasteiger charge is 2.72. The van der Waals surface area contributed by atoms with E-state index in [2.05, 4.69) is 19.5 Å². The molecule has 0 aliphatic heterocycles. The van der Waals surface area contributed by atoms with Gasteiger partial charge in [0.15, 0.2) is 11.5 Å². The molecule has 0 radical (unpaired) electrons. The average molecular weight is 598 g/mol. The molecular weight excluding hydrogens is 573 g/mol. The first-order valence-electron chi connectivity index (χ1n) is 11.5. The number of anilines is 1. The Labute approximate surface area is 223 Å². The molecule has 0 aliphatic rings. The maximum Gasteiger partial charge on any atom is 0.459 e. The van der Waals surface area contributed by atoms with Gasteiger partial charge in [0, 0.05) is 0 Å². The summed E-state index contributed by atoms with van der Waals surface area (Å²) in [4.78, 5) is 23.0. The molecule has 3 aromatic rings. The molecule has 2 heterocycles. The van der Waals surface area contributed by atoms with Crippen LogP contribution in [0.15, 0.2) is 43.0 Å². The van der Waals surface area contributed by atoms with Crippen molar-refractivity contribution >= 4 is 30.7 Å². The van der Waals surface area contributed by atoms with Crippen molar-refractivity contribution in [1.82, 2.24) is 24.6 Å². The Balaban J connectivity index is 1.83. The number of nitrogens with two attached hydrogens (primary N) is 1. The first-order valence-corrected chi connectivity index (χ1v) is 13.0. The fourth-order valence-electron chi connectivity index (χ4n) is 3.19. The predicted octanol–water partition coefficient (Wildman–Crippen LogP) is 4.45. The fourth-order valence-corrected chi connectivity index (χ4v) is 4.68. The van der Waals surface area contributed by atoms with Crippen LogP contribution >= 0.6 is 7.75 Å². The number of fused-ring (bicyclic) bond motifs is 1. The summed E-state index contributed by atoms with van der Waals surface area (Å²) >= 11 is 0. The van der Waals surface area contributed by atoms with Gasteiger partial charge in [-0.1, -0.05) is 18.2 Å². The predicted molar refractivity (Wildman–Crippen MR) is 129 cm³/mol. The molecule has 220 valence electrons. The molecule has 18 heteroatoms. The number of hydrogen-bond donors (Lipinski definition) is 2. The number of nitrogens with zero attached hydrogens (tertiary/aromatic N) is 4. The van der Waals surface area contributed by atoms with Gasteiger partial charge in [0.05, 0.1) is 19.0 Å². The van der Waals surface area contributed by atoms with Crippen molar-refractivity contribution in [3.05, 3.63) is 43.0 Å². The van der Waals surface area contributed by atoms with E-state index < -0.39 is 62.4 Å². The Hall–Kier alpha value is -3.43. The van der Waals surface area contributed by atoms with E-state index >= 15 is 0 Å². The van der Waals surface area contributed by atoms with Gasteiger partial charge in [0.2, 0.25) is 0 Å². The summed E-state index contributed by atoms with van der Waals surface area (Å²) in [5.74, 6) is -18.5. The second-order valence-corrected chi connectivity index (χ2v) is 10.5. The molecule has 40 heavy (non-hydrogen) atoms. The summed E-state index contributed by atoms with van der Waals surface area (Å²) < 4.78 is 116. The van der Waals surface area contributed by atoms with Gasteiger partial charge in [0.25, 0.3) is 0 Å². The van der Waals surface area contributed by atoms with Crippen molar-refractivity contribution in [3.8, 4) is 5.75 Å². The summed E-state index contributed by atoms with van der Waals surface area (Å²) in [6, 6.07) is 5.27. The van der Waals surface area contributed by atoms with E-state index in [1.165, 1.54) is 44.2 Å². The highest BCUT2D eigenvalue weighted by atomic mass is 31.2. The number of benzene rings is 1. The zero-order valence-electron chi connectivity index (χ0n) is 21.2. The maximum absolute atomic E-state index is 14.7. The minimum Gasteiger partial charge on any atom is -0.462 e. The zero-order chi connectivity index (χ0) is 29.9. The summed E-state index contributed by atoms with van der Waals surface area (Å²) in [5, 5.41) is 2.00. The Morgan fingerprint density at radius 1 is 1.05 bits per heavy atom. The quantitative estimate of drug-likeness (QED) is 0.165. The van der Waals surface area contributed by atoms with Gasteiger partial charge >= 0.3 is 31.5 Å². The van der Waals surface area contributed by atoms with Crippen molar-refractivity contribution in [2.45, 2.75) is 57.2 Å². The van der Waals surface area contributed by atoms with Crippen LogP contribution in [0.4, 0.5) is 32.2 Å². The molecule has 1 aromatic carbocycles. The second-order valence-electron chi connectivity index (χ2n) is 8.80. The van der Waals surface area contributed by atoms with Crippen LogP contribution in [-0.2, 0) is 25.2 Å². The molecular formula is C22H25F6N6O5P. The number of ether oxygens (including phenoxy) is 1. The lowest BCUT2D eigenvalue weighted by Crippen LogP contribution is -2.57. The van der Waals surface area contributed by atoms with Gasteiger partial charge in [-0.2, -0.15) is 31.4 Å². The van der Waals surface area contributed by atoms with E-state index in [-0.39, 0.29) is 17.1 Å². The van der Waals surface area contributed by atoms with E-state index in [9.17, 15) is 35.7 Å². The van der Waals surface area contributed by atoms with Gasteiger partial charge in [-0.3, -0.25) is 9.32 Å². The molecule has 1 unspecified atom stereocenters. The number of halogens is 6. The average Bonchev–Trinajstić information content (AvgIpc) is 3.26. The van der Waals surface area contributed by atoms with Crippen LogP contribution in [0.3, 0.4) is 0 Å². The molecule has 3 rings (SSSR count). The van der Waals surface area contributed by atoms with Gasteiger partial charge in [0.1, 0.15) is 30.2 Å². The topological polar surface area (TPSA) is 143 Å². The Morgan fingerprint density at radius 2 is 1.70 bits per heavy atom. The fraction of sp³-hybridized carbons (Fsp3) is 0.455. The van der Waals surface area contributed by atoms with E-state index in [0.717, 1.165) is 13.3 Å². The van der Waals surface area contributed by atoms with Crippen molar-refractivity contribution in [2.75, 3.05) is 12.3 Å². The molecule has 2 atom stereocenters. The molecule has 0 saturated carbocycles. The van der Waals surface area contributed by atoms with Gasteiger partial charge in [-0.15, -0.1) is 0 Å². The molecule has 0 aliphatic carbocycles. The number of rotatable bonds is 13. The standard InChI is InChI=1S/C22H25F6N6O5P/c1-13(2)38-19(35)14(3)33-40(36,39-15-7-5-4-6-8-15)37-10-21(25,26)22(27,28)20(23,24)9-34-12-32-16-17(29)30-11-31-18(16)34/h4-8,11-14H,9-10H2,1-3H3,(H,33,36)(H2,29,30,31)/t14-,40?/m0/s1. The van der Waals surface area contributed by atoms with Crippen LogP contribution in [-0.4, -0.2) is 62.0 Å². The molecule has 11 nitrogen and oxygen atoms in total. The summed E-state index contributed by atoms with van der Waals surface area (Å²) in [6.07, 6.45) is 0.898. The number of carbonyl (C=O) groups excluding carboxylic acids is 1. The maximum atomic E-state index is 14.7. The number of para-hydroxylation sites is 1. The second kappa shape index (κ2) is 11.6. The van der Waals surface area contributed by atoms with Gasteiger partial charge in [-0.05, 0) is 32.9 Å². The molecule has 0 saturated heterocycles. The third-order valence-corrected chi connectivity index (χ3v) is 6.78. The normalized spacial score (nSPS) is 15.2. The lowest BCUT2D eigenvalue weighted by atomic mass is 10.1. The van der Waals surface area contributed by atoms with Crippen LogP contribution in [0.1, 0.15) is 20.8 Å². The number of nitrogen functional groups attached to an aromatic ring is 1. The Kier molecular flexibility index (Phi) is 9.01. The van der Waals surface area contributed by atoms with Crippen LogP contribution < -0.4 is 15.3 Å². The van der Waals surface area contributed by atoms with E-state index in [1.54, 1.807) is 0 Å². The van der Waals surface area contributed by atoms with E-state index in [0.29, 0.717) is 10.9 Å². The monoisotopic (exact) mass is 598 g/mol. The van der Waals surface area contributed by atoms with E-state index in [4.69, 9.17) is 15.0 Å². The number of esters is 1. The minimum atomic E-state index is -6.05. The van der Waals surface area contributed by atoms with Crippen LogP contribution in [0.25, 0.3) is 11.2 Å². The minimum absolute atomic E-state index is 0.202. The van der Waals surface area contributed by atoms with Crippen molar-refractivity contribution in [3.63, 3.8) is 0 Å². The SMILES string of the molecule is CC(C)OC(=O)[C@H](C)NP(=O)(OCC(F)(F)C(F)(F)C(F)(F)Cn1cnc2c(N)ncnc21)Oc1ccccc1. The third-order valence-electron chi connectivity index (χ3n) is 5.16. The number of imidazole rings is 1. The third kappa shape index (κ3) is 6.82. The lowest BCUT2D eigenvalue weighted by molar-refractivity contribution is -0.318. The Bertz CT molecular complexity index is 1380. The van der Waals surface area contributed by atoms with Crippen LogP contribution in [0.2, 0.25) is 0 Å². The van der Waals surface area contributed by atoms with Gasteiger partial charge < -0.3 is 19.6 Å². The zero-order valence-corrected chi connectivity index (χ0v) is 22.1. The van der Waals surface area contributed by atoms with Crippen LogP contribution in [0.5, 0.6) is 5.75 Å². The molecule has 0 fully saturated rings. The van der Waals surface area contributed by atoms with Crippen molar-refractivity contribution < 1.29 is 49.5 Å². The number of alkyl halides is 6. The number of carbonyl (C=O) groups is 1. The summed E-state index contributed by atoms with van der Waals surface area (Å²) in [6.45, 7) is -0.353. The van der Waals surface area contributed by atoms with Crippen LogP contribution in [0, 0.1) is 0 Å². The lowest BCUT2D eigenvalue weighted by Gasteiger charge is -2.33. The molecule has 3 N–H and O–H groups in total.